The molecule has 0 bridgehead atoms. The van der Waals surface area contributed by atoms with Crippen molar-refractivity contribution in [2.24, 2.45) is 0 Å². The van der Waals surface area contributed by atoms with Crippen LogP contribution in [0.25, 0.3) is 0 Å². The summed E-state index contributed by atoms with van der Waals surface area (Å²) in [4.78, 5) is 0. The van der Waals surface area contributed by atoms with Crippen molar-refractivity contribution in [2.45, 2.75) is 43.6 Å². The number of methoxy groups -OCH3 is 1. The van der Waals surface area contributed by atoms with E-state index in [1.165, 1.54) is 0 Å². The first-order chi connectivity index (χ1) is 9.67. The van der Waals surface area contributed by atoms with Gasteiger partial charge < -0.3 is 27.5 Å². The van der Waals surface area contributed by atoms with E-state index in [2.05, 4.69) is 0 Å². The molecule has 0 saturated carbocycles. The van der Waals surface area contributed by atoms with Gasteiger partial charge in [-0.1, -0.05) is 0 Å². The molecule has 2 atom stereocenters. The van der Waals surface area contributed by atoms with E-state index in [1.807, 2.05) is 0 Å². The van der Waals surface area contributed by atoms with Crippen molar-refractivity contribution in [3.05, 3.63) is 0 Å². The maximum Gasteiger partial charge on any atom is 0.502 e. The standard InChI is InChI=1S/C13H26O6Si/c1-14-13(6-4-8-17-10-12-11-18-12)7-5-9-20(15-2,16-3)19-13/h12H,4-11H2,1-3H3. The normalized spacial score (nSPS) is 32.2. The second-order valence-electron chi connectivity index (χ2n) is 5.30. The number of epoxide rings is 1. The van der Waals surface area contributed by atoms with Gasteiger partial charge in [-0.15, -0.1) is 0 Å². The Hall–Kier alpha value is -0.0231. The second-order valence-corrected chi connectivity index (χ2v) is 8.18. The second kappa shape index (κ2) is 7.30. The maximum atomic E-state index is 6.14. The monoisotopic (exact) mass is 306 g/mol. The molecule has 6 nitrogen and oxygen atoms in total. The van der Waals surface area contributed by atoms with Crippen LogP contribution in [0.4, 0.5) is 0 Å². The summed E-state index contributed by atoms with van der Waals surface area (Å²) in [6.45, 7) is 2.22. The molecule has 2 rings (SSSR count). The molecular weight excluding hydrogens is 280 g/mol. The third-order valence-corrected chi connectivity index (χ3v) is 6.82. The van der Waals surface area contributed by atoms with Gasteiger partial charge in [0.25, 0.3) is 0 Å². The minimum absolute atomic E-state index is 0.319. The Kier molecular flexibility index (Phi) is 5.97. The quantitative estimate of drug-likeness (QED) is 0.366. The van der Waals surface area contributed by atoms with Crippen molar-refractivity contribution >= 4 is 8.80 Å². The smallest absolute Gasteiger partial charge is 0.379 e. The Morgan fingerprint density at radius 3 is 2.60 bits per heavy atom. The van der Waals surface area contributed by atoms with Gasteiger partial charge in [-0.2, -0.15) is 0 Å². The molecule has 2 unspecified atom stereocenters. The summed E-state index contributed by atoms with van der Waals surface area (Å²) in [5, 5.41) is 0. The molecule has 0 amide bonds. The average Bonchev–Trinajstić information content (AvgIpc) is 3.31. The molecule has 7 heteroatoms. The van der Waals surface area contributed by atoms with Crippen LogP contribution < -0.4 is 0 Å². The van der Waals surface area contributed by atoms with E-state index in [9.17, 15) is 0 Å². The van der Waals surface area contributed by atoms with Crippen LogP contribution in [0.15, 0.2) is 0 Å². The number of hydrogen-bond donors (Lipinski definition) is 0. The van der Waals surface area contributed by atoms with Crippen LogP contribution in [0, 0.1) is 0 Å². The summed E-state index contributed by atoms with van der Waals surface area (Å²) in [5.74, 6) is -0.587. The van der Waals surface area contributed by atoms with Gasteiger partial charge in [-0.05, 0) is 12.8 Å². The Balaban J connectivity index is 1.77. The lowest BCUT2D eigenvalue weighted by Gasteiger charge is -2.43. The predicted octanol–water partition coefficient (Wildman–Crippen LogP) is 1.57. The van der Waals surface area contributed by atoms with Crippen LogP contribution >= 0.6 is 0 Å². The number of ether oxygens (including phenoxy) is 3. The van der Waals surface area contributed by atoms with Crippen molar-refractivity contribution in [1.29, 1.82) is 0 Å². The maximum absolute atomic E-state index is 6.14. The molecule has 2 fully saturated rings. The van der Waals surface area contributed by atoms with Gasteiger partial charge in [0.1, 0.15) is 6.10 Å². The Labute approximate surface area is 122 Å². The van der Waals surface area contributed by atoms with E-state index in [4.69, 9.17) is 27.5 Å². The molecule has 118 valence electrons. The molecule has 0 aliphatic carbocycles. The number of rotatable bonds is 9. The van der Waals surface area contributed by atoms with Gasteiger partial charge >= 0.3 is 8.80 Å². The first kappa shape index (κ1) is 16.3. The van der Waals surface area contributed by atoms with Crippen molar-refractivity contribution in [3.8, 4) is 0 Å². The number of hydrogen-bond acceptors (Lipinski definition) is 6. The lowest BCUT2D eigenvalue weighted by Crippen LogP contribution is -2.56. The molecule has 0 aromatic rings. The van der Waals surface area contributed by atoms with Crippen molar-refractivity contribution < 1.29 is 27.5 Å². The summed E-state index contributed by atoms with van der Waals surface area (Å²) < 4.78 is 33.5. The van der Waals surface area contributed by atoms with Crippen LogP contribution in [0.2, 0.25) is 6.04 Å². The van der Waals surface area contributed by atoms with Gasteiger partial charge in [0.2, 0.25) is 0 Å². The van der Waals surface area contributed by atoms with Gasteiger partial charge in [0.15, 0.2) is 5.79 Å². The van der Waals surface area contributed by atoms with E-state index >= 15 is 0 Å². The summed E-state index contributed by atoms with van der Waals surface area (Å²) in [5.41, 5.74) is 0. The van der Waals surface area contributed by atoms with E-state index in [-0.39, 0.29) is 0 Å². The molecule has 2 saturated heterocycles. The zero-order valence-corrected chi connectivity index (χ0v) is 13.7. The molecular formula is C13H26O6Si. The van der Waals surface area contributed by atoms with Gasteiger partial charge in [-0.3, -0.25) is 0 Å². The Morgan fingerprint density at radius 2 is 2.00 bits per heavy atom. The molecule has 0 aromatic carbocycles. The fourth-order valence-electron chi connectivity index (χ4n) is 2.57. The Morgan fingerprint density at radius 1 is 1.25 bits per heavy atom. The summed E-state index contributed by atoms with van der Waals surface area (Å²) in [6, 6.07) is 0.848. The van der Waals surface area contributed by atoms with Crippen LogP contribution in [-0.2, 0) is 27.5 Å². The topological polar surface area (TPSA) is 58.7 Å². The SMILES string of the molecule is COC1(CCCOCC2CO2)CCC[Si](OC)(OC)O1. The van der Waals surface area contributed by atoms with Crippen molar-refractivity contribution in [3.63, 3.8) is 0 Å². The van der Waals surface area contributed by atoms with E-state index in [0.29, 0.717) is 19.3 Å². The lowest BCUT2D eigenvalue weighted by atomic mass is 10.1. The zero-order valence-electron chi connectivity index (χ0n) is 12.7. The van der Waals surface area contributed by atoms with Crippen LogP contribution in [0.1, 0.15) is 25.7 Å². The van der Waals surface area contributed by atoms with E-state index in [0.717, 1.165) is 38.3 Å². The Bertz CT molecular complexity index is 295. The van der Waals surface area contributed by atoms with Gasteiger partial charge in [0.05, 0.1) is 13.2 Å². The highest BCUT2D eigenvalue weighted by Crippen LogP contribution is 2.37. The molecule has 0 aromatic heterocycles. The minimum Gasteiger partial charge on any atom is -0.379 e. The fourth-order valence-corrected chi connectivity index (χ4v) is 4.88. The van der Waals surface area contributed by atoms with Gasteiger partial charge in [-0.25, -0.2) is 0 Å². The van der Waals surface area contributed by atoms with Crippen LogP contribution in [0.5, 0.6) is 0 Å². The third kappa shape index (κ3) is 4.24. The highest BCUT2D eigenvalue weighted by molar-refractivity contribution is 6.60. The average molecular weight is 306 g/mol. The summed E-state index contributed by atoms with van der Waals surface area (Å²) >= 11 is 0. The molecule has 2 aliphatic heterocycles. The highest BCUT2D eigenvalue weighted by Gasteiger charge is 2.51. The molecule has 20 heavy (non-hydrogen) atoms. The van der Waals surface area contributed by atoms with Crippen LogP contribution in [-0.4, -0.2) is 61.8 Å². The first-order valence-corrected chi connectivity index (χ1v) is 9.16. The van der Waals surface area contributed by atoms with Crippen molar-refractivity contribution in [1.82, 2.24) is 0 Å². The molecule has 0 spiro atoms. The molecule has 2 aliphatic rings. The molecule has 0 N–H and O–H groups in total. The highest BCUT2D eigenvalue weighted by atomic mass is 28.4. The molecule has 0 radical (unpaired) electrons. The zero-order chi connectivity index (χ0) is 14.5. The predicted molar refractivity (Wildman–Crippen MR) is 74.4 cm³/mol. The van der Waals surface area contributed by atoms with Crippen molar-refractivity contribution in [2.75, 3.05) is 41.2 Å². The third-order valence-electron chi connectivity index (χ3n) is 3.93. The largest absolute Gasteiger partial charge is 0.502 e. The van der Waals surface area contributed by atoms with Gasteiger partial charge in [0, 0.05) is 46.8 Å². The minimum atomic E-state index is -2.55. The fraction of sp³-hybridized carbons (Fsp3) is 1.00. The van der Waals surface area contributed by atoms with E-state index in [1.54, 1.807) is 21.3 Å². The first-order valence-electron chi connectivity index (χ1n) is 7.22. The summed E-state index contributed by atoms with van der Waals surface area (Å²) in [7, 11) is 2.45. The lowest BCUT2D eigenvalue weighted by molar-refractivity contribution is -0.212. The van der Waals surface area contributed by atoms with E-state index < -0.39 is 14.6 Å². The summed E-state index contributed by atoms with van der Waals surface area (Å²) in [6.07, 6.45) is 3.86. The molecule has 2 heterocycles. The van der Waals surface area contributed by atoms with Crippen LogP contribution in [0.3, 0.4) is 0 Å².